The van der Waals surface area contributed by atoms with E-state index in [2.05, 4.69) is 10.0 Å². The van der Waals surface area contributed by atoms with Crippen LogP contribution in [0.4, 0.5) is 5.69 Å². The maximum absolute atomic E-state index is 12.9. The second kappa shape index (κ2) is 7.35. The van der Waals surface area contributed by atoms with Gasteiger partial charge in [-0.3, -0.25) is 4.79 Å². The van der Waals surface area contributed by atoms with Gasteiger partial charge >= 0.3 is 0 Å². The summed E-state index contributed by atoms with van der Waals surface area (Å²) in [5.74, 6) is 0.923. The number of nitrogens with one attached hydrogen (secondary N) is 2. The fraction of sp³-hybridized carbons (Fsp3) is 0.381. The van der Waals surface area contributed by atoms with Crippen molar-refractivity contribution >= 4 is 21.6 Å². The maximum Gasteiger partial charge on any atom is 0.240 e. The highest BCUT2D eigenvalue weighted by molar-refractivity contribution is 7.89. The normalized spacial score (nSPS) is 20.0. The van der Waals surface area contributed by atoms with Gasteiger partial charge in [-0.1, -0.05) is 0 Å². The molecule has 0 bridgehead atoms. The molecule has 2 aliphatic heterocycles. The van der Waals surface area contributed by atoms with Crippen LogP contribution in [0.1, 0.15) is 43.4 Å². The van der Waals surface area contributed by atoms with Gasteiger partial charge in [0, 0.05) is 29.8 Å². The molecule has 0 spiro atoms. The molecule has 2 aromatic rings. The molecule has 0 fully saturated rings. The van der Waals surface area contributed by atoms with Crippen LogP contribution in [0.5, 0.6) is 11.5 Å². The number of benzene rings is 2. The molecule has 4 rings (SSSR count). The second-order valence-corrected chi connectivity index (χ2v) is 9.18. The van der Waals surface area contributed by atoms with Gasteiger partial charge in [0.1, 0.15) is 17.6 Å². The molecule has 2 heterocycles. The van der Waals surface area contributed by atoms with E-state index in [0.29, 0.717) is 23.6 Å². The molecule has 0 aliphatic carbocycles. The van der Waals surface area contributed by atoms with Crippen LogP contribution in [0.2, 0.25) is 0 Å². The average molecular weight is 416 g/mol. The van der Waals surface area contributed by atoms with E-state index in [1.165, 1.54) is 6.07 Å². The summed E-state index contributed by atoms with van der Waals surface area (Å²) in [6.45, 7) is 6.20. The Morgan fingerprint density at radius 1 is 1.24 bits per heavy atom. The van der Waals surface area contributed by atoms with Crippen LogP contribution in [0.3, 0.4) is 0 Å². The van der Waals surface area contributed by atoms with Crippen molar-refractivity contribution in [1.29, 1.82) is 0 Å². The SMILES string of the molecule is CCOc1cc2c(cc1CNS(=O)(=O)c1ccc3c(c1)[C@H](C)C(=O)N3)O[C@@H](C)C2. The molecule has 1 amide bonds. The van der Waals surface area contributed by atoms with Gasteiger partial charge in [0.25, 0.3) is 0 Å². The Bertz CT molecular complexity index is 1080. The molecule has 2 aromatic carbocycles. The van der Waals surface area contributed by atoms with E-state index >= 15 is 0 Å². The summed E-state index contributed by atoms with van der Waals surface area (Å²) >= 11 is 0. The van der Waals surface area contributed by atoms with E-state index in [0.717, 1.165) is 23.3 Å². The zero-order valence-electron chi connectivity index (χ0n) is 16.6. The highest BCUT2D eigenvalue weighted by atomic mass is 32.2. The third-order valence-corrected chi connectivity index (χ3v) is 6.68. The molecular formula is C21H24N2O5S. The Kier molecular flexibility index (Phi) is 5.00. The predicted octanol–water partition coefficient (Wildman–Crippen LogP) is 2.94. The van der Waals surface area contributed by atoms with E-state index in [9.17, 15) is 13.2 Å². The minimum absolute atomic E-state index is 0.0759. The van der Waals surface area contributed by atoms with E-state index < -0.39 is 10.0 Å². The molecule has 2 N–H and O–H groups in total. The lowest BCUT2D eigenvalue weighted by atomic mass is 10.0. The first-order valence-corrected chi connectivity index (χ1v) is 11.2. The summed E-state index contributed by atoms with van der Waals surface area (Å²) in [6.07, 6.45) is 0.901. The summed E-state index contributed by atoms with van der Waals surface area (Å²) < 4.78 is 39.9. The molecule has 0 saturated carbocycles. The first-order valence-electron chi connectivity index (χ1n) is 9.68. The number of carbonyl (C=O) groups is 1. The van der Waals surface area contributed by atoms with E-state index in [-0.39, 0.29) is 29.4 Å². The Labute approximate surface area is 170 Å². The lowest BCUT2D eigenvalue weighted by Crippen LogP contribution is -2.23. The fourth-order valence-electron chi connectivity index (χ4n) is 3.73. The van der Waals surface area contributed by atoms with Gasteiger partial charge in [0.2, 0.25) is 15.9 Å². The van der Waals surface area contributed by atoms with Gasteiger partial charge in [-0.15, -0.1) is 0 Å². The number of hydrogen-bond donors (Lipinski definition) is 2. The Hall–Kier alpha value is -2.58. The molecule has 7 nitrogen and oxygen atoms in total. The molecule has 2 atom stereocenters. The number of hydrogen-bond acceptors (Lipinski definition) is 5. The second-order valence-electron chi connectivity index (χ2n) is 7.42. The van der Waals surface area contributed by atoms with Crippen LogP contribution in [0.15, 0.2) is 35.2 Å². The van der Waals surface area contributed by atoms with E-state index in [4.69, 9.17) is 9.47 Å². The van der Waals surface area contributed by atoms with Crippen LogP contribution >= 0.6 is 0 Å². The highest BCUT2D eigenvalue weighted by Gasteiger charge is 2.28. The molecular weight excluding hydrogens is 392 g/mol. The maximum atomic E-state index is 12.9. The molecule has 0 radical (unpaired) electrons. The topological polar surface area (TPSA) is 93.7 Å². The number of sulfonamides is 1. The summed E-state index contributed by atoms with van der Waals surface area (Å²) in [4.78, 5) is 11.9. The molecule has 8 heteroatoms. The summed E-state index contributed by atoms with van der Waals surface area (Å²) in [5.41, 5.74) is 3.13. The van der Waals surface area contributed by atoms with Gasteiger partial charge in [0.15, 0.2) is 0 Å². The monoisotopic (exact) mass is 416 g/mol. The number of amides is 1. The Morgan fingerprint density at radius 3 is 2.79 bits per heavy atom. The van der Waals surface area contributed by atoms with Crippen LogP contribution in [-0.2, 0) is 27.8 Å². The van der Waals surface area contributed by atoms with Crippen molar-refractivity contribution in [2.45, 2.75) is 50.7 Å². The standard InChI is InChI=1S/C21H24N2O5S/c1-4-27-19-8-14-7-12(2)28-20(14)9-15(19)11-22-29(25,26)16-5-6-18-17(10-16)13(3)21(24)23-18/h5-6,8-10,12-13,22H,4,7,11H2,1-3H3,(H,23,24)/t12-,13-/m0/s1. The Morgan fingerprint density at radius 2 is 2.03 bits per heavy atom. The van der Waals surface area contributed by atoms with Crippen LogP contribution < -0.4 is 19.5 Å². The van der Waals surface area contributed by atoms with Gasteiger partial charge in [-0.2, -0.15) is 0 Å². The van der Waals surface area contributed by atoms with Crippen molar-refractivity contribution in [2.75, 3.05) is 11.9 Å². The van der Waals surface area contributed by atoms with Crippen LogP contribution in [-0.4, -0.2) is 27.0 Å². The number of fused-ring (bicyclic) bond motifs is 2. The molecule has 0 saturated heterocycles. The minimum atomic E-state index is -3.76. The number of anilines is 1. The van der Waals surface area contributed by atoms with E-state index in [1.54, 1.807) is 19.1 Å². The van der Waals surface area contributed by atoms with Crippen LogP contribution in [0.25, 0.3) is 0 Å². The van der Waals surface area contributed by atoms with Crippen molar-refractivity contribution in [2.24, 2.45) is 0 Å². The zero-order valence-corrected chi connectivity index (χ0v) is 17.4. The van der Waals surface area contributed by atoms with Crippen molar-refractivity contribution < 1.29 is 22.7 Å². The Balaban J connectivity index is 1.58. The predicted molar refractivity (Wildman–Crippen MR) is 109 cm³/mol. The molecule has 2 aliphatic rings. The zero-order chi connectivity index (χ0) is 20.8. The van der Waals surface area contributed by atoms with Gasteiger partial charge < -0.3 is 14.8 Å². The first-order chi connectivity index (χ1) is 13.8. The third kappa shape index (κ3) is 3.70. The lowest BCUT2D eigenvalue weighted by Gasteiger charge is -2.14. The van der Waals surface area contributed by atoms with Gasteiger partial charge in [-0.05, 0) is 56.7 Å². The van der Waals surface area contributed by atoms with Gasteiger partial charge in [0.05, 0.1) is 17.4 Å². The minimum Gasteiger partial charge on any atom is -0.494 e. The van der Waals surface area contributed by atoms with Crippen molar-refractivity contribution in [3.05, 3.63) is 47.0 Å². The lowest BCUT2D eigenvalue weighted by molar-refractivity contribution is -0.116. The quantitative estimate of drug-likeness (QED) is 0.755. The molecule has 154 valence electrons. The van der Waals surface area contributed by atoms with Gasteiger partial charge in [-0.25, -0.2) is 13.1 Å². The summed E-state index contributed by atoms with van der Waals surface area (Å²) in [6, 6.07) is 8.45. The van der Waals surface area contributed by atoms with Crippen LogP contribution in [0, 0.1) is 0 Å². The van der Waals surface area contributed by atoms with E-state index in [1.807, 2.05) is 26.0 Å². The third-order valence-electron chi connectivity index (χ3n) is 5.28. The highest BCUT2D eigenvalue weighted by Crippen LogP contribution is 2.36. The molecule has 0 aromatic heterocycles. The molecule has 29 heavy (non-hydrogen) atoms. The number of rotatable bonds is 6. The van der Waals surface area contributed by atoms with Crippen molar-refractivity contribution in [1.82, 2.24) is 4.72 Å². The fourth-order valence-corrected chi connectivity index (χ4v) is 4.77. The average Bonchev–Trinajstić information content (AvgIpc) is 3.18. The number of ether oxygens (including phenoxy) is 2. The smallest absolute Gasteiger partial charge is 0.240 e. The van der Waals surface area contributed by atoms with Crippen molar-refractivity contribution in [3.8, 4) is 11.5 Å². The summed E-state index contributed by atoms with van der Waals surface area (Å²) in [7, 11) is -3.76. The largest absolute Gasteiger partial charge is 0.494 e. The van der Waals surface area contributed by atoms with Crippen molar-refractivity contribution in [3.63, 3.8) is 0 Å². The number of carbonyl (C=O) groups excluding carboxylic acids is 1. The summed E-state index contributed by atoms with van der Waals surface area (Å²) in [5, 5.41) is 2.75. The first kappa shape index (κ1) is 19.7. The molecule has 0 unspecified atom stereocenters.